The molecule has 0 fully saturated rings. The van der Waals surface area contributed by atoms with Crippen LogP contribution in [0, 0.1) is 48.5 Å². The number of aryl methyl sites for hydroxylation is 7. The second-order valence-electron chi connectivity index (χ2n) is 14.0. The van der Waals surface area contributed by atoms with Gasteiger partial charge >= 0.3 is 0 Å². The van der Waals surface area contributed by atoms with E-state index in [1.807, 2.05) is 139 Å². The Morgan fingerprint density at radius 3 is 1.36 bits per heavy atom. The lowest BCUT2D eigenvalue weighted by Gasteiger charge is -1.92. The van der Waals surface area contributed by atoms with Crippen LogP contribution in [0.25, 0.3) is 41.6 Å². The highest BCUT2D eigenvalue weighted by Crippen LogP contribution is 2.31. The molecule has 352 valence electrons. The van der Waals surface area contributed by atoms with Gasteiger partial charge < -0.3 is 8.83 Å². The Morgan fingerprint density at radius 1 is 0.388 bits per heavy atom. The first-order chi connectivity index (χ1) is 32.7. The summed E-state index contributed by atoms with van der Waals surface area (Å²) in [6, 6.07) is 62.1. The van der Waals surface area contributed by atoms with Crippen molar-refractivity contribution >= 4 is 77.2 Å². The normalized spacial score (nSPS) is 9.27. The number of rotatable bonds is 1. The molecule has 0 spiro atoms. The van der Waals surface area contributed by atoms with Crippen molar-refractivity contribution < 1.29 is 8.83 Å². The average Bonchev–Trinajstić information content (AvgIpc) is 4.26. The van der Waals surface area contributed by atoms with Gasteiger partial charge in [-0.1, -0.05) is 174 Å². The lowest BCUT2D eigenvalue weighted by atomic mass is 10.1. The molecule has 0 aliphatic heterocycles. The molecule has 0 N–H and O–H groups in total. The Balaban J connectivity index is 0.000000266. The fourth-order valence-electron chi connectivity index (χ4n) is 5.79. The molecule has 0 aliphatic carbocycles. The van der Waals surface area contributed by atoms with Gasteiger partial charge in [-0.3, -0.25) is 0 Å². The van der Waals surface area contributed by atoms with Gasteiger partial charge in [0.2, 0.25) is 0 Å². The summed E-state index contributed by atoms with van der Waals surface area (Å²) in [5.41, 5.74) is 3.73. The van der Waals surface area contributed by atoms with Gasteiger partial charge in [-0.05, 0) is 136 Å². The minimum atomic E-state index is 0.968. The SMILES string of the molecule is CC.CC.CC.Cc1cc2ccccc2o1.Cc1ccc(-c2cccs2)s1.Cc1ccccc1.Cc1ccco1.Cc1cccs1.Cc1sc2ccccc2c1C.c1ccc2ccccc2c1. The van der Waals surface area contributed by atoms with Crippen molar-refractivity contribution in [1.82, 2.24) is 0 Å². The monoisotopic (exact) mass is 964 g/mol. The second kappa shape index (κ2) is 34.5. The maximum absolute atomic E-state index is 5.37. The van der Waals surface area contributed by atoms with E-state index in [0.29, 0.717) is 0 Å². The summed E-state index contributed by atoms with van der Waals surface area (Å²) >= 11 is 7.31. The van der Waals surface area contributed by atoms with Gasteiger partial charge in [0.25, 0.3) is 0 Å². The first kappa shape index (κ1) is 57.4. The number of furan rings is 2. The fraction of sp³-hybridized carbons (Fsp3) is 0.213. The molecule has 6 aromatic heterocycles. The van der Waals surface area contributed by atoms with E-state index in [1.165, 1.54) is 61.8 Å². The fourth-order valence-corrected chi connectivity index (χ4v) is 9.09. The summed E-state index contributed by atoms with van der Waals surface area (Å²) in [7, 11) is 0. The van der Waals surface area contributed by atoms with E-state index in [1.54, 1.807) is 28.9 Å². The maximum Gasteiger partial charge on any atom is 0.134 e. The highest BCUT2D eigenvalue weighted by atomic mass is 32.1. The van der Waals surface area contributed by atoms with E-state index < -0.39 is 0 Å². The molecule has 0 radical (unpaired) electrons. The van der Waals surface area contributed by atoms with Crippen molar-refractivity contribution in [3.05, 3.63) is 236 Å². The van der Waals surface area contributed by atoms with Crippen LogP contribution in [0.4, 0.5) is 0 Å². The van der Waals surface area contributed by atoms with Gasteiger partial charge in [-0.2, -0.15) is 0 Å². The Hall–Kier alpha value is -5.76. The van der Waals surface area contributed by atoms with Crippen molar-refractivity contribution in [2.45, 2.75) is 90.0 Å². The minimum absolute atomic E-state index is 0.968. The molecule has 0 saturated carbocycles. The zero-order chi connectivity index (χ0) is 49.2. The molecule has 2 nitrogen and oxygen atoms in total. The molecule has 6 heterocycles. The smallest absolute Gasteiger partial charge is 0.134 e. The van der Waals surface area contributed by atoms with E-state index in [2.05, 4.69) is 167 Å². The topological polar surface area (TPSA) is 26.3 Å². The molecule has 0 amide bonds. The number of thiophene rings is 4. The molecule has 6 heteroatoms. The van der Waals surface area contributed by atoms with Gasteiger partial charge in [0.15, 0.2) is 0 Å². The molecular formula is C61H72O2S4. The Kier molecular flexibility index (Phi) is 29.6. The van der Waals surface area contributed by atoms with Crippen molar-refractivity contribution in [1.29, 1.82) is 0 Å². The summed E-state index contributed by atoms with van der Waals surface area (Å²) in [5.74, 6) is 1.94. The van der Waals surface area contributed by atoms with Gasteiger partial charge in [0.1, 0.15) is 17.1 Å². The first-order valence-electron chi connectivity index (χ1n) is 23.1. The molecule has 0 bridgehead atoms. The van der Waals surface area contributed by atoms with Crippen LogP contribution in [0.15, 0.2) is 208 Å². The Labute approximate surface area is 419 Å². The van der Waals surface area contributed by atoms with E-state index in [4.69, 9.17) is 8.83 Å². The third-order valence-corrected chi connectivity index (χ3v) is 13.1. The Morgan fingerprint density at radius 2 is 0.940 bits per heavy atom. The number of para-hydroxylation sites is 1. The van der Waals surface area contributed by atoms with Gasteiger partial charge in [-0.15, -0.1) is 45.3 Å². The molecular weight excluding hydrogens is 893 g/mol. The van der Waals surface area contributed by atoms with Crippen molar-refractivity contribution in [2.75, 3.05) is 0 Å². The maximum atomic E-state index is 5.37. The van der Waals surface area contributed by atoms with E-state index in [0.717, 1.165) is 17.1 Å². The van der Waals surface area contributed by atoms with Crippen LogP contribution in [0.3, 0.4) is 0 Å². The van der Waals surface area contributed by atoms with Crippen LogP contribution in [0.5, 0.6) is 0 Å². The van der Waals surface area contributed by atoms with E-state index >= 15 is 0 Å². The third kappa shape index (κ3) is 22.1. The van der Waals surface area contributed by atoms with Crippen molar-refractivity contribution in [2.24, 2.45) is 0 Å². The lowest BCUT2D eigenvalue weighted by Crippen LogP contribution is -1.68. The zero-order valence-electron chi connectivity index (χ0n) is 42.0. The zero-order valence-corrected chi connectivity index (χ0v) is 45.3. The standard InChI is InChI=1S/C10H10S.C10H8.C9H8O.C9H8S2.C7H8.C5H6O.C5H6S.3C2H6/c1-7-8(2)11-10-6-4-3-5-9(7)10;1-2-6-10-8-4-3-7-9(10)5-1;1-7-6-8-4-2-3-5-9(8)10-7;1-7-4-5-9(11-7)8-3-2-6-10-8;1-7-5-3-2-4-6-7;2*1-5-3-2-4-6-5;3*1-2/h3-6H,1-2H3;1-8H;2-6H,1H3;2-6H,1H3;2-6H,1H3;2*2-4H,1H3;3*1-2H3. The molecule has 0 saturated heterocycles. The second-order valence-corrected chi connectivity index (χ2v) is 18.7. The quantitative estimate of drug-likeness (QED) is 0.164. The van der Waals surface area contributed by atoms with Crippen LogP contribution in [-0.2, 0) is 0 Å². The summed E-state index contributed by atoms with van der Waals surface area (Å²) < 4.78 is 11.6. The van der Waals surface area contributed by atoms with Crippen LogP contribution >= 0.6 is 45.3 Å². The highest BCUT2D eigenvalue weighted by Gasteiger charge is 2.02. The molecule has 11 rings (SSSR count). The number of benzene rings is 5. The highest BCUT2D eigenvalue weighted by molar-refractivity contribution is 7.21. The number of hydrogen-bond donors (Lipinski definition) is 0. The summed E-state index contributed by atoms with van der Waals surface area (Å²) in [6.07, 6.45) is 1.66. The molecule has 0 unspecified atom stereocenters. The first-order valence-corrected chi connectivity index (χ1v) is 26.5. The van der Waals surface area contributed by atoms with Crippen LogP contribution in [0.1, 0.15) is 78.8 Å². The summed E-state index contributed by atoms with van der Waals surface area (Å²) in [4.78, 5) is 6.97. The van der Waals surface area contributed by atoms with Crippen LogP contribution in [-0.4, -0.2) is 0 Å². The minimum Gasteiger partial charge on any atom is -0.470 e. The van der Waals surface area contributed by atoms with Crippen molar-refractivity contribution in [3.63, 3.8) is 0 Å². The average molecular weight is 966 g/mol. The number of fused-ring (bicyclic) bond motifs is 3. The van der Waals surface area contributed by atoms with Crippen LogP contribution in [0.2, 0.25) is 0 Å². The van der Waals surface area contributed by atoms with Gasteiger partial charge in [0.05, 0.1) is 6.26 Å². The van der Waals surface area contributed by atoms with E-state index in [-0.39, 0.29) is 0 Å². The number of hydrogen-bond acceptors (Lipinski definition) is 6. The largest absolute Gasteiger partial charge is 0.470 e. The molecule has 11 aromatic rings. The van der Waals surface area contributed by atoms with Crippen LogP contribution < -0.4 is 0 Å². The van der Waals surface area contributed by atoms with Crippen molar-refractivity contribution in [3.8, 4) is 9.75 Å². The summed E-state index contributed by atoms with van der Waals surface area (Å²) in [6.45, 7) is 26.6. The van der Waals surface area contributed by atoms with E-state index in [9.17, 15) is 0 Å². The van der Waals surface area contributed by atoms with Gasteiger partial charge in [0, 0.05) is 34.5 Å². The van der Waals surface area contributed by atoms with Gasteiger partial charge in [-0.25, -0.2) is 0 Å². The predicted octanol–water partition coefficient (Wildman–Crippen LogP) is 21.6. The lowest BCUT2D eigenvalue weighted by molar-refractivity contribution is 0.534. The molecule has 0 atom stereocenters. The summed E-state index contributed by atoms with van der Waals surface area (Å²) in [5, 5.41) is 9.41. The third-order valence-electron chi connectivity index (χ3n) is 9.06. The molecule has 0 aliphatic rings. The molecule has 67 heavy (non-hydrogen) atoms. The molecule has 5 aromatic carbocycles. The Bertz CT molecular complexity index is 2690. The predicted molar refractivity (Wildman–Crippen MR) is 306 cm³/mol.